The molecule has 0 aliphatic heterocycles. The topological polar surface area (TPSA) is 29.5 Å². The van der Waals surface area contributed by atoms with Crippen molar-refractivity contribution in [2.75, 3.05) is 18.6 Å². The van der Waals surface area contributed by atoms with Gasteiger partial charge < -0.3 is 9.64 Å². The summed E-state index contributed by atoms with van der Waals surface area (Å²) in [5, 5.41) is 2.18. The van der Waals surface area contributed by atoms with Crippen molar-refractivity contribution >= 4 is 22.4 Å². The van der Waals surface area contributed by atoms with Gasteiger partial charge in [-0.2, -0.15) is 0 Å². The number of benzene rings is 3. The third kappa shape index (κ3) is 3.48. The molecule has 0 bridgehead atoms. The fourth-order valence-electron chi connectivity index (χ4n) is 2.33. The lowest BCUT2D eigenvalue weighted by Gasteiger charge is -2.18. The highest BCUT2D eigenvalue weighted by atomic mass is 19.1. The summed E-state index contributed by atoms with van der Waals surface area (Å²) in [6, 6.07) is 19.5. The Bertz CT molecular complexity index is 847. The summed E-state index contributed by atoms with van der Waals surface area (Å²) in [4.78, 5) is 13.8. The number of likely N-dealkylation sites (N-methyl/N-ethyl adjacent to an activating group) is 1. The largest absolute Gasteiger partial charge is 0.484 e. The first-order chi connectivity index (χ1) is 11.1. The zero-order chi connectivity index (χ0) is 16.2. The zero-order valence-electron chi connectivity index (χ0n) is 12.7. The summed E-state index contributed by atoms with van der Waals surface area (Å²) in [6.45, 7) is -0.146. The van der Waals surface area contributed by atoms with Gasteiger partial charge in [0.2, 0.25) is 0 Å². The molecule has 0 atom stereocenters. The molecule has 23 heavy (non-hydrogen) atoms. The third-order valence-electron chi connectivity index (χ3n) is 3.65. The van der Waals surface area contributed by atoms with Crippen molar-refractivity contribution in [2.45, 2.75) is 0 Å². The fourth-order valence-corrected chi connectivity index (χ4v) is 2.33. The van der Waals surface area contributed by atoms with Gasteiger partial charge in [0.15, 0.2) is 6.61 Å². The second-order valence-electron chi connectivity index (χ2n) is 5.23. The number of ether oxygens (including phenoxy) is 1. The van der Waals surface area contributed by atoms with Crippen LogP contribution in [0.5, 0.6) is 5.75 Å². The van der Waals surface area contributed by atoms with Gasteiger partial charge in [-0.15, -0.1) is 0 Å². The molecule has 3 rings (SSSR count). The highest BCUT2D eigenvalue weighted by Gasteiger charge is 2.12. The number of halogens is 1. The normalized spacial score (nSPS) is 10.5. The summed E-state index contributed by atoms with van der Waals surface area (Å²) in [5.41, 5.74) is 0.788. The number of hydrogen-bond acceptors (Lipinski definition) is 2. The van der Waals surface area contributed by atoms with E-state index in [-0.39, 0.29) is 12.5 Å². The van der Waals surface area contributed by atoms with Crippen LogP contribution in [0.2, 0.25) is 0 Å². The van der Waals surface area contributed by atoms with Gasteiger partial charge >= 0.3 is 0 Å². The summed E-state index contributed by atoms with van der Waals surface area (Å²) < 4.78 is 18.4. The van der Waals surface area contributed by atoms with Crippen molar-refractivity contribution in [3.05, 3.63) is 72.5 Å². The van der Waals surface area contributed by atoms with Crippen LogP contribution < -0.4 is 9.64 Å². The molecule has 0 spiro atoms. The maximum Gasteiger partial charge on any atom is 0.264 e. The lowest BCUT2D eigenvalue weighted by Crippen LogP contribution is -2.31. The van der Waals surface area contributed by atoms with E-state index in [1.165, 1.54) is 17.0 Å². The van der Waals surface area contributed by atoms with Gasteiger partial charge in [-0.3, -0.25) is 4.79 Å². The first-order valence-corrected chi connectivity index (χ1v) is 7.27. The van der Waals surface area contributed by atoms with Gasteiger partial charge in [0.1, 0.15) is 11.6 Å². The second-order valence-corrected chi connectivity index (χ2v) is 5.23. The molecular formula is C19H16FNO2. The van der Waals surface area contributed by atoms with Crippen LogP contribution in [0.1, 0.15) is 0 Å². The summed E-state index contributed by atoms with van der Waals surface area (Å²) in [6.07, 6.45) is 0. The van der Waals surface area contributed by atoms with Crippen LogP contribution in [0.3, 0.4) is 0 Å². The van der Waals surface area contributed by atoms with E-state index < -0.39 is 5.82 Å². The van der Waals surface area contributed by atoms with Gasteiger partial charge in [0.05, 0.1) is 0 Å². The fraction of sp³-hybridized carbons (Fsp3) is 0.105. The highest BCUT2D eigenvalue weighted by molar-refractivity contribution is 5.96. The Hall–Kier alpha value is -2.88. The SMILES string of the molecule is CN(C(=O)COc1cccc(F)c1)c1ccc2ccccc2c1. The van der Waals surface area contributed by atoms with E-state index in [4.69, 9.17) is 4.74 Å². The van der Waals surface area contributed by atoms with E-state index >= 15 is 0 Å². The number of amides is 1. The van der Waals surface area contributed by atoms with E-state index in [0.29, 0.717) is 5.75 Å². The number of nitrogens with zero attached hydrogens (tertiary/aromatic N) is 1. The minimum absolute atomic E-state index is 0.146. The third-order valence-corrected chi connectivity index (χ3v) is 3.65. The number of hydrogen-bond donors (Lipinski definition) is 0. The smallest absolute Gasteiger partial charge is 0.264 e. The molecule has 4 heteroatoms. The van der Waals surface area contributed by atoms with E-state index in [0.717, 1.165) is 16.5 Å². The molecule has 1 amide bonds. The molecule has 0 heterocycles. The first-order valence-electron chi connectivity index (χ1n) is 7.27. The summed E-state index contributed by atoms with van der Waals surface area (Å²) >= 11 is 0. The van der Waals surface area contributed by atoms with Gasteiger partial charge in [-0.1, -0.05) is 36.4 Å². The summed E-state index contributed by atoms with van der Waals surface area (Å²) in [7, 11) is 1.70. The van der Waals surface area contributed by atoms with E-state index in [1.54, 1.807) is 19.2 Å². The molecule has 3 aromatic rings. The van der Waals surface area contributed by atoms with Crippen LogP contribution in [0.15, 0.2) is 66.7 Å². The Morgan fingerprint density at radius 1 is 1.00 bits per heavy atom. The molecule has 0 aliphatic carbocycles. The van der Waals surface area contributed by atoms with E-state index in [1.807, 2.05) is 42.5 Å². The van der Waals surface area contributed by atoms with E-state index in [9.17, 15) is 9.18 Å². The molecule has 0 unspecified atom stereocenters. The number of carbonyl (C=O) groups excluding carboxylic acids is 1. The van der Waals surface area contributed by atoms with Crippen LogP contribution in [-0.2, 0) is 4.79 Å². The lowest BCUT2D eigenvalue weighted by molar-refractivity contribution is -0.120. The average Bonchev–Trinajstić information content (AvgIpc) is 2.58. The molecule has 0 aliphatic rings. The molecular weight excluding hydrogens is 293 g/mol. The number of fused-ring (bicyclic) bond motifs is 1. The molecule has 0 saturated heterocycles. The molecule has 0 aromatic heterocycles. The highest BCUT2D eigenvalue weighted by Crippen LogP contribution is 2.21. The van der Waals surface area contributed by atoms with Crippen LogP contribution in [0.4, 0.5) is 10.1 Å². The molecule has 0 N–H and O–H groups in total. The van der Waals surface area contributed by atoms with E-state index in [2.05, 4.69) is 0 Å². The second kappa shape index (κ2) is 6.48. The molecule has 3 nitrogen and oxygen atoms in total. The van der Waals surface area contributed by atoms with Crippen LogP contribution in [0, 0.1) is 5.82 Å². The van der Waals surface area contributed by atoms with Gasteiger partial charge in [0.25, 0.3) is 5.91 Å². The molecule has 0 saturated carbocycles. The Morgan fingerprint density at radius 3 is 2.57 bits per heavy atom. The molecule has 3 aromatic carbocycles. The number of carbonyl (C=O) groups is 1. The van der Waals surface area contributed by atoms with Crippen molar-refractivity contribution in [3.8, 4) is 5.75 Å². The van der Waals surface area contributed by atoms with Crippen LogP contribution >= 0.6 is 0 Å². The van der Waals surface area contributed by atoms with Gasteiger partial charge in [-0.25, -0.2) is 4.39 Å². The summed E-state index contributed by atoms with van der Waals surface area (Å²) in [5.74, 6) is -0.257. The lowest BCUT2D eigenvalue weighted by atomic mass is 10.1. The van der Waals surface area contributed by atoms with Gasteiger partial charge in [0, 0.05) is 18.8 Å². The van der Waals surface area contributed by atoms with Crippen molar-refractivity contribution in [2.24, 2.45) is 0 Å². The van der Waals surface area contributed by atoms with Crippen LogP contribution in [-0.4, -0.2) is 19.6 Å². The van der Waals surface area contributed by atoms with Crippen molar-refractivity contribution < 1.29 is 13.9 Å². The standard InChI is InChI=1S/C19H16FNO2/c1-21(17-10-9-14-5-2-3-6-15(14)11-17)19(22)13-23-18-8-4-7-16(20)12-18/h2-12H,13H2,1H3. The zero-order valence-corrected chi connectivity index (χ0v) is 12.7. The molecule has 116 valence electrons. The average molecular weight is 309 g/mol. The Labute approximate surface area is 133 Å². The molecule has 0 radical (unpaired) electrons. The van der Waals surface area contributed by atoms with Crippen molar-refractivity contribution in [1.29, 1.82) is 0 Å². The number of anilines is 1. The molecule has 0 fully saturated rings. The first kappa shape index (κ1) is 15.0. The van der Waals surface area contributed by atoms with Crippen molar-refractivity contribution in [1.82, 2.24) is 0 Å². The maximum absolute atomic E-state index is 13.1. The Kier molecular flexibility index (Phi) is 4.24. The van der Waals surface area contributed by atoms with Crippen LogP contribution in [0.25, 0.3) is 10.8 Å². The number of rotatable bonds is 4. The van der Waals surface area contributed by atoms with Gasteiger partial charge in [-0.05, 0) is 35.0 Å². The predicted octanol–water partition coefficient (Wildman–Crippen LogP) is 4.02. The Morgan fingerprint density at radius 2 is 1.78 bits per heavy atom. The Balaban J connectivity index is 1.70. The minimum atomic E-state index is -0.391. The van der Waals surface area contributed by atoms with Crippen molar-refractivity contribution in [3.63, 3.8) is 0 Å². The monoisotopic (exact) mass is 309 g/mol. The maximum atomic E-state index is 13.1. The quantitative estimate of drug-likeness (QED) is 0.728. The minimum Gasteiger partial charge on any atom is -0.484 e. The predicted molar refractivity (Wildman–Crippen MR) is 89.3 cm³/mol.